The quantitative estimate of drug-likeness (QED) is 0.931. The lowest BCUT2D eigenvalue weighted by Gasteiger charge is -2.11. The maximum Gasteiger partial charge on any atom is 0.152 e. The molecular weight excluding hydrogens is 256 g/mol. The highest BCUT2D eigenvalue weighted by molar-refractivity contribution is 8.00. The Morgan fingerprint density at radius 1 is 1.53 bits per heavy atom. The predicted molar refractivity (Wildman–Crippen MR) is 81.0 cm³/mol. The van der Waals surface area contributed by atoms with Gasteiger partial charge < -0.3 is 5.32 Å². The van der Waals surface area contributed by atoms with Crippen molar-refractivity contribution in [2.75, 3.05) is 17.6 Å². The van der Waals surface area contributed by atoms with Gasteiger partial charge in [-0.25, -0.2) is 9.50 Å². The van der Waals surface area contributed by atoms with Crippen LogP contribution in [-0.2, 0) is 0 Å². The van der Waals surface area contributed by atoms with E-state index in [4.69, 9.17) is 0 Å². The number of aromatic nitrogens is 3. The zero-order valence-corrected chi connectivity index (χ0v) is 12.3. The van der Waals surface area contributed by atoms with Crippen molar-refractivity contribution in [1.82, 2.24) is 14.6 Å². The summed E-state index contributed by atoms with van der Waals surface area (Å²) >= 11 is 2.06. The molecule has 0 aromatic carbocycles. The monoisotopic (exact) mass is 276 g/mol. The van der Waals surface area contributed by atoms with Crippen LogP contribution in [0.2, 0.25) is 0 Å². The number of anilines is 1. The third-order valence-corrected chi connectivity index (χ3v) is 4.92. The first-order valence-corrected chi connectivity index (χ1v) is 7.98. The fourth-order valence-corrected chi connectivity index (χ4v) is 3.58. The summed E-state index contributed by atoms with van der Waals surface area (Å²) in [5, 5.41) is 8.80. The molecule has 0 aliphatic carbocycles. The minimum absolute atomic E-state index is 0.443. The van der Waals surface area contributed by atoms with Crippen LogP contribution in [0.3, 0.4) is 0 Å². The lowest BCUT2D eigenvalue weighted by atomic mass is 10.1. The molecule has 102 valence electrons. The van der Waals surface area contributed by atoms with Gasteiger partial charge in [0.1, 0.15) is 5.52 Å². The summed E-state index contributed by atoms with van der Waals surface area (Å²) in [6, 6.07) is 2.14. The molecule has 0 amide bonds. The van der Waals surface area contributed by atoms with Gasteiger partial charge in [0.2, 0.25) is 0 Å². The summed E-state index contributed by atoms with van der Waals surface area (Å²) in [6.45, 7) is 5.33. The lowest BCUT2D eigenvalue weighted by molar-refractivity contribution is 0.785. The number of nitrogens with one attached hydrogen (secondary N) is 1. The number of thioether (sulfide) groups is 1. The molecule has 1 atom stereocenters. The van der Waals surface area contributed by atoms with Gasteiger partial charge in [-0.3, -0.25) is 0 Å². The minimum Gasteiger partial charge on any atom is -0.367 e. The molecule has 2 aromatic rings. The van der Waals surface area contributed by atoms with E-state index < -0.39 is 0 Å². The summed E-state index contributed by atoms with van der Waals surface area (Å²) in [5.74, 6) is 2.70. The number of nitrogens with zero attached hydrogens (tertiary/aromatic N) is 3. The summed E-state index contributed by atoms with van der Waals surface area (Å²) in [6.07, 6.45) is 6.39. The molecule has 1 unspecified atom stereocenters. The van der Waals surface area contributed by atoms with Crippen LogP contribution in [-0.4, -0.2) is 32.1 Å². The summed E-state index contributed by atoms with van der Waals surface area (Å²) in [5.41, 5.74) is 2.19. The van der Waals surface area contributed by atoms with Crippen molar-refractivity contribution in [3.63, 3.8) is 0 Å². The Bertz CT molecular complexity index is 558. The second-order valence-electron chi connectivity index (χ2n) is 5.35. The maximum absolute atomic E-state index is 4.58. The van der Waals surface area contributed by atoms with Gasteiger partial charge in [-0.2, -0.15) is 16.9 Å². The first-order valence-electron chi connectivity index (χ1n) is 6.94. The zero-order chi connectivity index (χ0) is 13.2. The Labute approximate surface area is 118 Å². The Hall–Kier alpha value is -1.23. The number of hydrogen-bond acceptors (Lipinski definition) is 4. The third kappa shape index (κ3) is 2.71. The second kappa shape index (κ2) is 5.41. The van der Waals surface area contributed by atoms with Crippen LogP contribution in [0, 0.1) is 0 Å². The number of rotatable bonds is 4. The molecule has 0 saturated carbocycles. The summed E-state index contributed by atoms with van der Waals surface area (Å²) in [7, 11) is 0. The van der Waals surface area contributed by atoms with Gasteiger partial charge in [-0.05, 0) is 30.6 Å². The molecule has 2 aromatic heterocycles. The lowest BCUT2D eigenvalue weighted by Crippen LogP contribution is -2.14. The van der Waals surface area contributed by atoms with E-state index in [1.807, 2.05) is 16.9 Å². The Kier molecular flexibility index (Phi) is 3.64. The average Bonchev–Trinajstić information content (AvgIpc) is 3.05. The van der Waals surface area contributed by atoms with Crippen LogP contribution in [0.5, 0.6) is 0 Å². The smallest absolute Gasteiger partial charge is 0.152 e. The van der Waals surface area contributed by atoms with E-state index in [0.29, 0.717) is 5.92 Å². The SMILES string of the molecule is CC(C)c1cc2c(NCC3CCCS3)nccn2n1. The molecule has 1 aliphatic heterocycles. The van der Waals surface area contributed by atoms with Crippen molar-refractivity contribution in [1.29, 1.82) is 0 Å². The Morgan fingerprint density at radius 2 is 2.42 bits per heavy atom. The maximum atomic E-state index is 4.58. The normalized spacial score (nSPS) is 19.4. The predicted octanol–water partition coefficient (Wildman–Crippen LogP) is 3.16. The molecular formula is C14H20N4S. The molecule has 0 bridgehead atoms. The molecule has 4 nitrogen and oxygen atoms in total. The van der Waals surface area contributed by atoms with Gasteiger partial charge in [-0.1, -0.05) is 13.8 Å². The molecule has 1 aliphatic rings. The molecule has 5 heteroatoms. The topological polar surface area (TPSA) is 42.2 Å². The largest absolute Gasteiger partial charge is 0.367 e. The van der Waals surface area contributed by atoms with Gasteiger partial charge >= 0.3 is 0 Å². The molecule has 3 heterocycles. The van der Waals surface area contributed by atoms with E-state index in [1.165, 1.54) is 18.6 Å². The fourth-order valence-electron chi connectivity index (χ4n) is 2.38. The standard InChI is InChI=1S/C14H20N4S/c1-10(2)12-8-13-14(15-5-6-18(13)17-12)16-9-11-4-3-7-19-11/h5-6,8,10-11H,3-4,7,9H2,1-2H3,(H,15,16). The van der Waals surface area contributed by atoms with Crippen molar-refractivity contribution in [3.05, 3.63) is 24.2 Å². The Balaban J connectivity index is 1.81. The Morgan fingerprint density at radius 3 is 3.16 bits per heavy atom. The van der Waals surface area contributed by atoms with E-state index >= 15 is 0 Å². The van der Waals surface area contributed by atoms with Crippen LogP contribution in [0.1, 0.15) is 38.3 Å². The number of hydrogen-bond donors (Lipinski definition) is 1. The van der Waals surface area contributed by atoms with Crippen LogP contribution >= 0.6 is 11.8 Å². The summed E-state index contributed by atoms with van der Waals surface area (Å²) < 4.78 is 1.92. The molecule has 1 fully saturated rings. The molecule has 1 saturated heterocycles. The van der Waals surface area contributed by atoms with Gasteiger partial charge in [0.15, 0.2) is 5.82 Å². The van der Waals surface area contributed by atoms with E-state index in [1.54, 1.807) is 0 Å². The highest BCUT2D eigenvalue weighted by Crippen LogP contribution is 2.27. The minimum atomic E-state index is 0.443. The first kappa shape index (κ1) is 12.8. The van der Waals surface area contributed by atoms with Crippen LogP contribution < -0.4 is 5.32 Å². The van der Waals surface area contributed by atoms with Crippen LogP contribution in [0.4, 0.5) is 5.82 Å². The third-order valence-electron chi connectivity index (χ3n) is 3.52. The molecule has 3 rings (SSSR count). The molecule has 1 N–H and O–H groups in total. The average molecular weight is 276 g/mol. The highest BCUT2D eigenvalue weighted by Gasteiger charge is 2.16. The van der Waals surface area contributed by atoms with Gasteiger partial charge in [0.05, 0.1) is 5.69 Å². The fraction of sp³-hybridized carbons (Fsp3) is 0.571. The van der Waals surface area contributed by atoms with E-state index in [2.05, 4.69) is 47.1 Å². The molecule has 19 heavy (non-hydrogen) atoms. The van der Waals surface area contributed by atoms with Gasteiger partial charge in [-0.15, -0.1) is 0 Å². The first-order chi connectivity index (χ1) is 9.24. The van der Waals surface area contributed by atoms with E-state index in [-0.39, 0.29) is 0 Å². The zero-order valence-electron chi connectivity index (χ0n) is 11.5. The van der Waals surface area contributed by atoms with Crippen LogP contribution in [0.15, 0.2) is 18.5 Å². The van der Waals surface area contributed by atoms with Gasteiger partial charge in [0, 0.05) is 24.2 Å². The van der Waals surface area contributed by atoms with Crippen molar-refractivity contribution in [3.8, 4) is 0 Å². The number of fused-ring (bicyclic) bond motifs is 1. The second-order valence-corrected chi connectivity index (χ2v) is 6.75. The van der Waals surface area contributed by atoms with Crippen LogP contribution in [0.25, 0.3) is 5.52 Å². The van der Waals surface area contributed by atoms with Crippen molar-refractivity contribution in [2.24, 2.45) is 0 Å². The van der Waals surface area contributed by atoms with Crippen molar-refractivity contribution < 1.29 is 0 Å². The van der Waals surface area contributed by atoms with E-state index in [9.17, 15) is 0 Å². The molecule has 0 spiro atoms. The van der Waals surface area contributed by atoms with Gasteiger partial charge in [0.25, 0.3) is 0 Å². The highest BCUT2D eigenvalue weighted by atomic mass is 32.2. The van der Waals surface area contributed by atoms with Crippen molar-refractivity contribution >= 4 is 23.1 Å². The molecule has 0 radical (unpaired) electrons. The van der Waals surface area contributed by atoms with E-state index in [0.717, 1.165) is 28.8 Å². The summed E-state index contributed by atoms with van der Waals surface area (Å²) in [4.78, 5) is 4.46. The van der Waals surface area contributed by atoms with Crippen molar-refractivity contribution in [2.45, 2.75) is 37.9 Å².